The number of carbonyl (C=O) groups is 1. The Morgan fingerprint density at radius 2 is 2.22 bits per heavy atom. The van der Waals surface area contributed by atoms with Crippen LogP contribution in [-0.2, 0) is 16.0 Å². The number of methoxy groups -OCH3 is 1. The molecule has 2 aliphatic rings. The lowest BCUT2D eigenvalue weighted by Gasteiger charge is -2.28. The van der Waals surface area contributed by atoms with Gasteiger partial charge in [0.25, 0.3) is 0 Å². The third-order valence-corrected chi connectivity index (χ3v) is 4.31. The summed E-state index contributed by atoms with van der Waals surface area (Å²) in [5.74, 6) is 1.98. The van der Waals surface area contributed by atoms with Gasteiger partial charge in [-0.05, 0) is 18.1 Å². The Labute approximate surface area is 136 Å². The van der Waals surface area contributed by atoms with Gasteiger partial charge in [-0.1, -0.05) is 12.1 Å². The van der Waals surface area contributed by atoms with Gasteiger partial charge in [-0.15, -0.1) is 0 Å². The van der Waals surface area contributed by atoms with Crippen molar-refractivity contribution >= 4 is 5.91 Å². The quantitative estimate of drug-likeness (QED) is 0.865. The van der Waals surface area contributed by atoms with Gasteiger partial charge < -0.3 is 19.5 Å². The smallest absolute Gasteiger partial charge is 0.234 e. The molecule has 6 heteroatoms. The van der Waals surface area contributed by atoms with Gasteiger partial charge in [0.2, 0.25) is 5.91 Å². The van der Waals surface area contributed by atoms with Gasteiger partial charge in [-0.25, -0.2) is 0 Å². The Morgan fingerprint density at radius 1 is 1.39 bits per heavy atom. The van der Waals surface area contributed by atoms with Crippen molar-refractivity contribution in [2.45, 2.75) is 6.42 Å². The van der Waals surface area contributed by atoms with E-state index >= 15 is 0 Å². The van der Waals surface area contributed by atoms with E-state index in [1.165, 1.54) is 0 Å². The van der Waals surface area contributed by atoms with Crippen LogP contribution in [-0.4, -0.2) is 63.9 Å². The Balaban J connectivity index is 1.47. The standard InChI is InChI=1S/C17H24N2O4/c1-21-15-4-2-3-14-9-13(12-23-17(14)15)10-18-16(20)11-19-5-7-22-8-6-19/h2-4,13H,5-12H2,1H3,(H,18,20)/t13-/m1/s1. The predicted molar refractivity (Wildman–Crippen MR) is 86.0 cm³/mol. The third kappa shape index (κ3) is 4.14. The maximum atomic E-state index is 12.0. The first-order chi connectivity index (χ1) is 11.3. The minimum Gasteiger partial charge on any atom is -0.493 e. The zero-order valence-electron chi connectivity index (χ0n) is 13.5. The monoisotopic (exact) mass is 320 g/mol. The SMILES string of the molecule is COc1cccc2c1OC[C@@H](CNC(=O)CN1CCOCC1)C2. The average Bonchev–Trinajstić information content (AvgIpc) is 2.60. The van der Waals surface area contributed by atoms with Crippen molar-refractivity contribution in [3.63, 3.8) is 0 Å². The van der Waals surface area contributed by atoms with Crippen LogP contribution >= 0.6 is 0 Å². The van der Waals surface area contributed by atoms with Gasteiger partial charge in [0.1, 0.15) is 0 Å². The summed E-state index contributed by atoms with van der Waals surface area (Å²) in [5, 5.41) is 3.03. The number of carbonyl (C=O) groups excluding carboxylic acids is 1. The molecule has 6 nitrogen and oxygen atoms in total. The van der Waals surface area contributed by atoms with Gasteiger partial charge >= 0.3 is 0 Å². The van der Waals surface area contributed by atoms with Crippen LogP contribution in [0.15, 0.2) is 18.2 Å². The first-order valence-corrected chi connectivity index (χ1v) is 8.11. The van der Waals surface area contributed by atoms with Gasteiger partial charge in [-0.2, -0.15) is 0 Å². The fraction of sp³-hybridized carbons (Fsp3) is 0.588. The summed E-state index contributed by atoms with van der Waals surface area (Å²) in [4.78, 5) is 14.2. The summed E-state index contributed by atoms with van der Waals surface area (Å²) in [7, 11) is 1.65. The number of nitrogens with one attached hydrogen (secondary N) is 1. The number of benzene rings is 1. The Morgan fingerprint density at radius 3 is 3.00 bits per heavy atom. The van der Waals surface area contributed by atoms with Gasteiger partial charge in [-0.3, -0.25) is 9.69 Å². The zero-order valence-corrected chi connectivity index (χ0v) is 13.5. The number of rotatable bonds is 5. The molecular weight excluding hydrogens is 296 g/mol. The second-order valence-corrected chi connectivity index (χ2v) is 6.02. The fourth-order valence-electron chi connectivity index (χ4n) is 3.03. The van der Waals surface area contributed by atoms with E-state index in [2.05, 4.69) is 16.3 Å². The molecule has 126 valence electrons. The molecule has 0 spiro atoms. The molecule has 1 amide bonds. The first kappa shape index (κ1) is 16.1. The van der Waals surface area contributed by atoms with E-state index in [0.29, 0.717) is 38.8 Å². The van der Waals surface area contributed by atoms with Gasteiger partial charge in [0.05, 0.1) is 33.5 Å². The van der Waals surface area contributed by atoms with Crippen LogP contribution in [0, 0.1) is 5.92 Å². The number of hydrogen-bond donors (Lipinski definition) is 1. The third-order valence-electron chi connectivity index (χ3n) is 4.31. The molecule has 0 saturated carbocycles. The maximum absolute atomic E-state index is 12.0. The number of amides is 1. The molecule has 2 aliphatic heterocycles. The minimum absolute atomic E-state index is 0.0725. The van der Waals surface area contributed by atoms with Crippen LogP contribution in [0.2, 0.25) is 0 Å². The van der Waals surface area contributed by atoms with Gasteiger partial charge in [0.15, 0.2) is 11.5 Å². The predicted octanol–water partition coefficient (Wildman–Crippen LogP) is 0.695. The zero-order chi connectivity index (χ0) is 16.1. The van der Waals surface area contributed by atoms with Crippen molar-refractivity contribution in [2.24, 2.45) is 5.92 Å². The van der Waals surface area contributed by atoms with Crippen molar-refractivity contribution in [2.75, 3.05) is 53.1 Å². The lowest BCUT2D eigenvalue weighted by atomic mass is 9.96. The molecule has 2 heterocycles. The van der Waals surface area contributed by atoms with Gasteiger partial charge in [0, 0.05) is 25.6 Å². The van der Waals surface area contributed by atoms with Crippen LogP contribution in [0.4, 0.5) is 0 Å². The molecular formula is C17H24N2O4. The fourth-order valence-corrected chi connectivity index (χ4v) is 3.03. The minimum atomic E-state index is 0.0725. The average molecular weight is 320 g/mol. The summed E-state index contributed by atoms with van der Waals surface area (Å²) in [6.45, 7) is 4.76. The number of hydrogen-bond acceptors (Lipinski definition) is 5. The second kappa shape index (κ2) is 7.66. The molecule has 0 bridgehead atoms. The highest BCUT2D eigenvalue weighted by Crippen LogP contribution is 2.35. The van der Waals surface area contributed by atoms with E-state index < -0.39 is 0 Å². The van der Waals surface area contributed by atoms with Crippen LogP contribution < -0.4 is 14.8 Å². The Kier molecular flexibility index (Phi) is 5.35. The highest BCUT2D eigenvalue weighted by atomic mass is 16.5. The van der Waals surface area contributed by atoms with Crippen LogP contribution in [0.3, 0.4) is 0 Å². The number of ether oxygens (including phenoxy) is 3. The van der Waals surface area contributed by atoms with Crippen molar-refractivity contribution < 1.29 is 19.0 Å². The van der Waals surface area contributed by atoms with E-state index in [-0.39, 0.29) is 5.91 Å². The molecule has 1 aromatic rings. The van der Waals surface area contributed by atoms with E-state index in [9.17, 15) is 4.79 Å². The molecule has 1 saturated heterocycles. The summed E-state index contributed by atoms with van der Waals surface area (Å²) in [6, 6.07) is 5.93. The topological polar surface area (TPSA) is 60.0 Å². The Hall–Kier alpha value is -1.79. The van der Waals surface area contributed by atoms with Crippen LogP contribution in [0.5, 0.6) is 11.5 Å². The molecule has 0 aromatic heterocycles. The molecule has 1 fully saturated rings. The molecule has 1 aromatic carbocycles. The van der Waals surface area contributed by atoms with Crippen LogP contribution in [0.25, 0.3) is 0 Å². The Bertz CT molecular complexity index is 543. The lowest BCUT2D eigenvalue weighted by Crippen LogP contribution is -2.44. The van der Waals surface area contributed by atoms with Crippen molar-refractivity contribution in [1.29, 1.82) is 0 Å². The number of nitrogens with zero attached hydrogens (tertiary/aromatic N) is 1. The molecule has 0 aliphatic carbocycles. The highest BCUT2D eigenvalue weighted by Gasteiger charge is 2.23. The molecule has 3 rings (SSSR count). The summed E-state index contributed by atoms with van der Waals surface area (Å²) < 4.78 is 16.4. The highest BCUT2D eigenvalue weighted by molar-refractivity contribution is 5.78. The van der Waals surface area contributed by atoms with E-state index in [0.717, 1.165) is 36.6 Å². The summed E-state index contributed by atoms with van der Waals surface area (Å²) >= 11 is 0. The maximum Gasteiger partial charge on any atom is 0.234 e. The molecule has 1 atom stereocenters. The van der Waals surface area contributed by atoms with Crippen molar-refractivity contribution in [1.82, 2.24) is 10.2 Å². The van der Waals surface area contributed by atoms with Crippen LogP contribution in [0.1, 0.15) is 5.56 Å². The number of morpholine rings is 1. The molecule has 0 unspecified atom stereocenters. The van der Waals surface area contributed by atoms with E-state index in [1.54, 1.807) is 7.11 Å². The molecule has 0 radical (unpaired) electrons. The number of para-hydroxylation sites is 1. The normalized spacial score (nSPS) is 21.2. The van der Waals surface area contributed by atoms with E-state index in [1.807, 2.05) is 12.1 Å². The van der Waals surface area contributed by atoms with Crippen molar-refractivity contribution in [3.05, 3.63) is 23.8 Å². The lowest BCUT2D eigenvalue weighted by molar-refractivity contribution is -0.123. The first-order valence-electron chi connectivity index (χ1n) is 8.11. The molecule has 1 N–H and O–H groups in total. The van der Waals surface area contributed by atoms with E-state index in [4.69, 9.17) is 14.2 Å². The second-order valence-electron chi connectivity index (χ2n) is 6.02. The summed E-state index contributed by atoms with van der Waals surface area (Å²) in [6.07, 6.45) is 0.893. The summed E-state index contributed by atoms with van der Waals surface area (Å²) in [5.41, 5.74) is 1.14. The van der Waals surface area contributed by atoms with Crippen molar-refractivity contribution in [3.8, 4) is 11.5 Å². The number of fused-ring (bicyclic) bond motifs is 1. The molecule has 23 heavy (non-hydrogen) atoms. The largest absolute Gasteiger partial charge is 0.493 e.